The molecule has 0 saturated carbocycles. The maximum atomic E-state index is 11.8. The summed E-state index contributed by atoms with van der Waals surface area (Å²) in [6, 6.07) is 0. The first kappa shape index (κ1) is 15.8. The van der Waals surface area contributed by atoms with Crippen LogP contribution in [0, 0.1) is 0 Å². The molecule has 11 heteroatoms. The molecule has 116 valence electrons. The fourth-order valence-corrected chi connectivity index (χ4v) is 2.23. The monoisotopic (exact) mass is 317 g/mol. The Bertz CT molecular complexity index is 735. The molecule has 10 nitrogen and oxygen atoms in total. The topological polar surface area (TPSA) is 156 Å². The van der Waals surface area contributed by atoms with Crippen molar-refractivity contribution in [2.24, 2.45) is 5.73 Å². The van der Waals surface area contributed by atoms with Crippen LogP contribution in [-0.2, 0) is 22.4 Å². The van der Waals surface area contributed by atoms with Crippen LogP contribution in [0.25, 0.3) is 11.2 Å². The number of hydrogen-bond donors (Lipinski definition) is 4. The van der Waals surface area contributed by atoms with Crippen molar-refractivity contribution >= 4 is 18.8 Å². The number of H-pyrrole nitrogens is 1. The summed E-state index contributed by atoms with van der Waals surface area (Å²) in [7, 11) is -4.21. The summed E-state index contributed by atoms with van der Waals surface area (Å²) in [5.41, 5.74) is 5.59. The van der Waals surface area contributed by atoms with Gasteiger partial charge in [-0.25, -0.2) is 9.97 Å². The fourth-order valence-electron chi connectivity index (χ4n) is 1.78. The summed E-state index contributed by atoms with van der Waals surface area (Å²) in [4.78, 5) is 39.9. The van der Waals surface area contributed by atoms with E-state index in [0.717, 1.165) is 0 Å². The van der Waals surface area contributed by atoms with E-state index in [2.05, 4.69) is 15.0 Å². The summed E-state index contributed by atoms with van der Waals surface area (Å²) in [5, 5.41) is 0. The summed E-state index contributed by atoms with van der Waals surface area (Å²) >= 11 is 0. The van der Waals surface area contributed by atoms with Gasteiger partial charge in [-0.1, -0.05) is 0 Å². The molecule has 0 aromatic carbocycles. The van der Waals surface area contributed by atoms with E-state index >= 15 is 0 Å². The number of aromatic amines is 1. The zero-order valence-electron chi connectivity index (χ0n) is 11.3. The molecular formula is C10H16N5O5P. The molecule has 0 fully saturated rings. The minimum Gasteiger partial charge on any atom is -0.364 e. The highest BCUT2D eigenvalue weighted by Gasteiger charge is 2.17. The van der Waals surface area contributed by atoms with E-state index in [-0.39, 0.29) is 24.2 Å². The van der Waals surface area contributed by atoms with E-state index < -0.39 is 20.0 Å². The van der Waals surface area contributed by atoms with Gasteiger partial charge in [-0.2, -0.15) is 0 Å². The number of nitrogens with zero attached hydrogens (tertiary/aromatic N) is 3. The Balaban J connectivity index is 2.21. The van der Waals surface area contributed by atoms with Gasteiger partial charge in [-0.3, -0.25) is 9.36 Å². The molecular weight excluding hydrogens is 301 g/mol. The predicted molar refractivity (Wildman–Crippen MR) is 73.5 cm³/mol. The molecule has 0 aliphatic heterocycles. The van der Waals surface area contributed by atoms with E-state index in [1.807, 2.05) is 0 Å². The second kappa shape index (κ2) is 6.04. The van der Waals surface area contributed by atoms with Crippen molar-refractivity contribution in [2.75, 3.05) is 6.35 Å². The molecule has 0 aliphatic rings. The van der Waals surface area contributed by atoms with Crippen LogP contribution in [0.5, 0.6) is 0 Å². The third-order valence-corrected chi connectivity index (χ3v) is 3.18. The third-order valence-electron chi connectivity index (χ3n) is 2.70. The molecule has 0 spiro atoms. The third kappa shape index (κ3) is 3.96. The molecule has 2 heterocycles. The van der Waals surface area contributed by atoms with E-state index in [1.54, 1.807) is 11.5 Å². The lowest BCUT2D eigenvalue weighted by Gasteiger charge is -2.14. The first-order valence-corrected chi connectivity index (χ1v) is 7.90. The highest BCUT2D eigenvalue weighted by molar-refractivity contribution is 7.51. The summed E-state index contributed by atoms with van der Waals surface area (Å²) in [5.74, 6) is 0.332. The number of aromatic nitrogens is 4. The summed E-state index contributed by atoms with van der Waals surface area (Å²) in [6.07, 6.45) is 0.269. The number of rotatable bonds is 6. The normalized spacial score (nSPS) is 13.7. The summed E-state index contributed by atoms with van der Waals surface area (Å²) < 4.78 is 17.4. The van der Waals surface area contributed by atoms with Gasteiger partial charge in [0.05, 0.1) is 25.5 Å². The van der Waals surface area contributed by atoms with Gasteiger partial charge in [0.25, 0.3) is 5.56 Å². The predicted octanol–water partition coefficient (Wildman–Crippen LogP) is -0.881. The van der Waals surface area contributed by atoms with Gasteiger partial charge in [0.2, 0.25) is 0 Å². The molecule has 0 unspecified atom stereocenters. The first-order chi connectivity index (χ1) is 9.80. The number of ether oxygens (including phenoxy) is 1. The van der Waals surface area contributed by atoms with Crippen LogP contribution in [0.4, 0.5) is 0 Å². The van der Waals surface area contributed by atoms with Crippen LogP contribution in [0.1, 0.15) is 12.7 Å². The van der Waals surface area contributed by atoms with Crippen LogP contribution in [-0.4, -0.2) is 41.8 Å². The molecule has 2 aromatic heterocycles. The molecule has 0 amide bonds. The van der Waals surface area contributed by atoms with Gasteiger partial charge >= 0.3 is 7.60 Å². The van der Waals surface area contributed by atoms with Crippen molar-refractivity contribution in [3.8, 4) is 0 Å². The van der Waals surface area contributed by atoms with E-state index in [0.29, 0.717) is 11.5 Å². The first-order valence-electron chi connectivity index (χ1n) is 6.10. The smallest absolute Gasteiger partial charge is 0.350 e. The molecule has 0 saturated heterocycles. The van der Waals surface area contributed by atoms with Crippen molar-refractivity contribution in [3.05, 3.63) is 22.5 Å². The zero-order chi connectivity index (χ0) is 15.6. The number of hydrogen-bond acceptors (Lipinski definition) is 6. The number of fused-ring (bicyclic) bond motifs is 1. The van der Waals surface area contributed by atoms with Crippen LogP contribution < -0.4 is 11.3 Å². The quantitative estimate of drug-likeness (QED) is 0.500. The molecule has 2 rings (SSSR count). The van der Waals surface area contributed by atoms with Crippen molar-refractivity contribution in [1.29, 1.82) is 0 Å². The van der Waals surface area contributed by atoms with Gasteiger partial charge in [0.15, 0.2) is 11.2 Å². The Hall–Kier alpha value is -1.58. The van der Waals surface area contributed by atoms with E-state index in [9.17, 15) is 9.36 Å². The molecule has 2 aromatic rings. The van der Waals surface area contributed by atoms with E-state index in [4.69, 9.17) is 20.3 Å². The zero-order valence-corrected chi connectivity index (χ0v) is 12.2. The SMILES string of the molecule is C[C@H](Cn1cnc2c(=O)[nH]c(CN)nc21)OCP(=O)(O)O. The largest absolute Gasteiger partial charge is 0.364 e. The average molecular weight is 317 g/mol. The molecule has 0 bridgehead atoms. The summed E-state index contributed by atoms with van der Waals surface area (Å²) in [6.45, 7) is 1.98. The van der Waals surface area contributed by atoms with Crippen LogP contribution in [0.2, 0.25) is 0 Å². The molecule has 5 N–H and O–H groups in total. The minimum absolute atomic E-state index is 0.0839. The molecule has 1 atom stereocenters. The van der Waals surface area contributed by atoms with Gasteiger partial charge < -0.3 is 29.8 Å². The van der Waals surface area contributed by atoms with Gasteiger partial charge in [-0.15, -0.1) is 0 Å². The lowest BCUT2D eigenvalue weighted by Crippen LogP contribution is -2.19. The molecule has 0 radical (unpaired) electrons. The van der Waals surface area contributed by atoms with Crippen molar-refractivity contribution in [2.45, 2.75) is 26.1 Å². The number of nitrogens with two attached hydrogens (primary N) is 1. The second-order valence-electron chi connectivity index (χ2n) is 4.56. The van der Waals surface area contributed by atoms with Crippen LogP contribution in [0.3, 0.4) is 0 Å². The molecule has 21 heavy (non-hydrogen) atoms. The fraction of sp³-hybridized carbons (Fsp3) is 0.500. The Morgan fingerprint density at radius 1 is 1.57 bits per heavy atom. The maximum Gasteiger partial charge on any atom is 0.350 e. The van der Waals surface area contributed by atoms with Crippen LogP contribution >= 0.6 is 7.60 Å². The lowest BCUT2D eigenvalue weighted by atomic mass is 10.4. The van der Waals surface area contributed by atoms with E-state index in [1.165, 1.54) is 6.33 Å². The van der Waals surface area contributed by atoms with Gasteiger partial charge in [0, 0.05) is 0 Å². The van der Waals surface area contributed by atoms with Crippen molar-refractivity contribution in [1.82, 2.24) is 19.5 Å². The number of imidazole rings is 1. The highest BCUT2D eigenvalue weighted by atomic mass is 31.2. The Kier molecular flexibility index (Phi) is 4.55. The van der Waals surface area contributed by atoms with Gasteiger partial charge in [-0.05, 0) is 6.92 Å². The Morgan fingerprint density at radius 2 is 2.29 bits per heavy atom. The Morgan fingerprint density at radius 3 is 2.90 bits per heavy atom. The molecule has 0 aliphatic carbocycles. The minimum atomic E-state index is -4.21. The Labute approximate surface area is 119 Å². The van der Waals surface area contributed by atoms with Crippen molar-refractivity contribution in [3.63, 3.8) is 0 Å². The van der Waals surface area contributed by atoms with Crippen molar-refractivity contribution < 1.29 is 19.1 Å². The standard InChI is InChI=1S/C10H16N5O5P/c1-6(20-5-21(17,18)19)3-15-4-12-8-9(15)13-7(2-11)14-10(8)16/h4,6H,2-3,5,11H2,1H3,(H,13,14,16)(H2,17,18,19)/t6-/m1/s1. The average Bonchev–Trinajstić information content (AvgIpc) is 2.79. The second-order valence-corrected chi connectivity index (χ2v) is 6.14. The maximum absolute atomic E-state index is 11.8. The lowest BCUT2D eigenvalue weighted by molar-refractivity contribution is 0.0764. The number of nitrogens with one attached hydrogen (secondary N) is 1. The highest BCUT2D eigenvalue weighted by Crippen LogP contribution is 2.34. The van der Waals surface area contributed by atoms with Gasteiger partial charge in [0.1, 0.15) is 12.2 Å². The van der Waals surface area contributed by atoms with Crippen LogP contribution in [0.15, 0.2) is 11.1 Å².